The summed E-state index contributed by atoms with van der Waals surface area (Å²) in [6.07, 6.45) is 9.78. The normalized spacial score (nSPS) is 15.9. The van der Waals surface area contributed by atoms with Crippen LogP contribution >= 0.6 is 0 Å². The second-order valence-electron chi connectivity index (χ2n) is 8.19. The van der Waals surface area contributed by atoms with Crippen LogP contribution in [0.2, 0.25) is 0 Å². The Morgan fingerprint density at radius 1 is 1.18 bits per heavy atom. The largest absolute Gasteiger partial charge is 0.349 e. The fraction of sp³-hybridized carbons (Fsp3) is 0.179. The first-order chi connectivity index (χ1) is 16.1. The predicted molar refractivity (Wildman–Crippen MR) is 133 cm³/mol. The predicted octanol–water partition coefficient (Wildman–Crippen LogP) is 5.21. The molecule has 0 saturated carbocycles. The van der Waals surface area contributed by atoms with Gasteiger partial charge in [0.15, 0.2) is 0 Å². The lowest BCUT2D eigenvalue weighted by Crippen LogP contribution is -2.39. The summed E-state index contributed by atoms with van der Waals surface area (Å²) in [5, 5.41) is 17.5. The van der Waals surface area contributed by atoms with Crippen molar-refractivity contribution in [3.63, 3.8) is 0 Å². The minimum atomic E-state index is -0.0685. The van der Waals surface area contributed by atoms with Crippen LogP contribution in [0, 0.1) is 11.3 Å². The van der Waals surface area contributed by atoms with Gasteiger partial charge in [-0.25, -0.2) is 4.98 Å². The van der Waals surface area contributed by atoms with Crippen LogP contribution in [0.1, 0.15) is 30.0 Å². The van der Waals surface area contributed by atoms with Gasteiger partial charge in [0.25, 0.3) is 0 Å². The van der Waals surface area contributed by atoms with Gasteiger partial charge in [0.05, 0.1) is 11.6 Å². The molecule has 5 nitrogen and oxygen atoms in total. The van der Waals surface area contributed by atoms with E-state index in [1.165, 1.54) is 11.1 Å². The SMILES string of the molecule is C=C/C(=C\C=C(/C)C(=O)NC1CCc2ccccc2C1)Nc1nccc2ccc(C#N)cc12. The molecule has 2 N–H and O–H groups in total. The number of rotatable bonds is 6. The van der Waals surface area contributed by atoms with Crippen molar-refractivity contribution in [1.82, 2.24) is 10.3 Å². The molecule has 33 heavy (non-hydrogen) atoms. The number of carbonyl (C=O) groups excluding carboxylic acids is 1. The van der Waals surface area contributed by atoms with Gasteiger partial charge in [-0.05, 0) is 73.1 Å². The van der Waals surface area contributed by atoms with Gasteiger partial charge < -0.3 is 10.6 Å². The fourth-order valence-electron chi connectivity index (χ4n) is 4.05. The third kappa shape index (κ3) is 5.19. The lowest BCUT2D eigenvalue weighted by molar-refractivity contribution is -0.118. The summed E-state index contributed by atoms with van der Waals surface area (Å²) in [5.74, 6) is 0.563. The number of anilines is 1. The van der Waals surface area contributed by atoms with Crippen LogP contribution in [-0.4, -0.2) is 16.9 Å². The Kier molecular flexibility index (Phi) is 6.66. The third-order valence-corrected chi connectivity index (χ3v) is 5.93. The zero-order valence-electron chi connectivity index (χ0n) is 18.6. The number of hydrogen-bond donors (Lipinski definition) is 2. The Balaban J connectivity index is 1.46. The smallest absolute Gasteiger partial charge is 0.247 e. The molecular formula is C28H26N4O. The van der Waals surface area contributed by atoms with Crippen molar-refractivity contribution >= 4 is 22.5 Å². The van der Waals surface area contributed by atoms with Crippen molar-refractivity contribution in [1.29, 1.82) is 5.26 Å². The molecule has 0 radical (unpaired) electrons. The average Bonchev–Trinajstić information content (AvgIpc) is 2.85. The number of benzene rings is 2. The molecule has 1 aromatic heterocycles. The highest BCUT2D eigenvalue weighted by Gasteiger charge is 2.20. The molecular weight excluding hydrogens is 408 g/mol. The van der Waals surface area contributed by atoms with Gasteiger partial charge in [-0.15, -0.1) is 0 Å². The quantitative estimate of drug-likeness (QED) is 0.412. The molecule has 1 atom stereocenters. The number of allylic oxidation sites excluding steroid dienone is 3. The molecule has 5 heteroatoms. The van der Waals surface area contributed by atoms with Crippen molar-refractivity contribution in [2.24, 2.45) is 0 Å². The fourth-order valence-corrected chi connectivity index (χ4v) is 4.05. The Bertz CT molecular complexity index is 1310. The second kappa shape index (κ2) is 9.97. The number of pyridine rings is 1. The first kappa shape index (κ1) is 22.0. The van der Waals surface area contributed by atoms with E-state index in [0.29, 0.717) is 22.7 Å². The molecule has 3 aromatic rings. The van der Waals surface area contributed by atoms with E-state index in [4.69, 9.17) is 0 Å². The molecule has 0 spiro atoms. The van der Waals surface area contributed by atoms with E-state index >= 15 is 0 Å². The summed E-state index contributed by atoms with van der Waals surface area (Å²) in [5.41, 5.74) is 4.59. The lowest BCUT2D eigenvalue weighted by Gasteiger charge is -2.25. The van der Waals surface area contributed by atoms with Crippen molar-refractivity contribution in [2.75, 3.05) is 5.32 Å². The van der Waals surface area contributed by atoms with Crippen LogP contribution in [0.5, 0.6) is 0 Å². The second-order valence-corrected chi connectivity index (χ2v) is 8.19. The Morgan fingerprint density at radius 2 is 2.00 bits per heavy atom. The van der Waals surface area contributed by atoms with Crippen LogP contribution in [0.3, 0.4) is 0 Å². The monoisotopic (exact) mass is 434 g/mol. The first-order valence-electron chi connectivity index (χ1n) is 11.0. The number of aromatic nitrogens is 1. The topological polar surface area (TPSA) is 77.8 Å². The van der Waals surface area contributed by atoms with E-state index < -0.39 is 0 Å². The molecule has 1 unspecified atom stereocenters. The molecule has 1 heterocycles. The van der Waals surface area contributed by atoms with Crippen LogP contribution in [0.15, 0.2) is 90.8 Å². The number of fused-ring (bicyclic) bond motifs is 2. The van der Waals surface area contributed by atoms with Crippen LogP contribution in [0.25, 0.3) is 10.8 Å². The summed E-state index contributed by atoms with van der Waals surface area (Å²) in [6, 6.07) is 18.1. The maximum Gasteiger partial charge on any atom is 0.247 e. The van der Waals surface area contributed by atoms with E-state index in [9.17, 15) is 10.1 Å². The zero-order chi connectivity index (χ0) is 23.2. The number of carbonyl (C=O) groups is 1. The number of amides is 1. The summed E-state index contributed by atoms with van der Waals surface area (Å²) >= 11 is 0. The van der Waals surface area contributed by atoms with Gasteiger partial charge in [0.2, 0.25) is 5.91 Å². The van der Waals surface area contributed by atoms with E-state index in [1.807, 2.05) is 24.3 Å². The van der Waals surface area contributed by atoms with Crippen molar-refractivity contribution in [3.05, 3.63) is 107 Å². The summed E-state index contributed by atoms with van der Waals surface area (Å²) in [7, 11) is 0. The van der Waals surface area contributed by atoms with Gasteiger partial charge in [-0.2, -0.15) is 5.26 Å². The molecule has 0 aliphatic heterocycles. The summed E-state index contributed by atoms with van der Waals surface area (Å²) in [6.45, 7) is 5.67. The maximum atomic E-state index is 12.7. The molecule has 2 aromatic carbocycles. The zero-order valence-corrected chi connectivity index (χ0v) is 18.6. The molecule has 1 aliphatic rings. The lowest BCUT2D eigenvalue weighted by atomic mass is 9.88. The van der Waals surface area contributed by atoms with E-state index in [1.54, 1.807) is 31.3 Å². The summed E-state index contributed by atoms with van der Waals surface area (Å²) in [4.78, 5) is 17.1. The van der Waals surface area contributed by atoms with Crippen LogP contribution < -0.4 is 10.6 Å². The molecule has 1 amide bonds. The number of nitrogens with zero attached hydrogens (tertiary/aromatic N) is 2. The van der Waals surface area contributed by atoms with Gasteiger partial charge in [-0.1, -0.05) is 43.0 Å². The molecule has 4 rings (SSSR count). The number of nitriles is 1. The molecule has 164 valence electrons. The summed E-state index contributed by atoms with van der Waals surface area (Å²) < 4.78 is 0. The molecule has 0 bridgehead atoms. The van der Waals surface area contributed by atoms with Crippen molar-refractivity contribution < 1.29 is 4.79 Å². The molecule has 1 aliphatic carbocycles. The molecule has 0 fully saturated rings. The van der Waals surface area contributed by atoms with Crippen molar-refractivity contribution in [2.45, 2.75) is 32.2 Å². The Hall–Kier alpha value is -4.17. The average molecular weight is 435 g/mol. The van der Waals surface area contributed by atoms with Crippen LogP contribution in [0.4, 0.5) is 5.82 Å². The third-order valence-electron chi connectivity index (χ3n) is 5.93. The number of hydrogen-bond acceptors (Lipinski definition) is 4. The maximum absolute atomic E-state index is 12.7. The van der Waals surface area contributed by atoms with Gasteiger partial charge >= 0.3 is 0 Å². The highest BCUT2D eigenvalue weighted by molar-refractivity contribution is 5.94. The van der Waals surface area contributed by atoms with Crippen LogP contribution in [-0.2, 0) is 17.6 Å². The highest BCUT2D eigenvalue weighted by atomic mass is 16.1. The minimum absolute atomic E-state index is 0.0685. The first-order valence-corrected chi connectivity index (χ1v) is 11.0. The Labute approximate surface area is 194 Å². The van der Waals surface area contributed by atoms with E-state index in [2.05, 4.69) is 52.5 Å². The highest BCUT2D eigenvalue weighted by Crippen LogP contribution is 2.24. The Morgan fingerprint density at radius 3 is 2.79 bits per heavy atom. The standard InChI is InChI=1S/C28H26N4O/c1-3-24(31-27-26-16-20(18-29)9-10-22(26)14-15-30-27)12-8-19(2)28(33)32-25-13-11-21-6-4-5-7-23(21)17-25/h3-10,12,14-16,25H,1,11,13,17H2,2H3,(H,30,31)(H,32,33)/b19-8+,24-12+. The number of aryl methyl sites for hydroxylation is 1. The van der Waals surface area contributed by atoms with Gasteiger partial charge in [0, 0.05) is 28.9 Å². The number of nitrogens with one attached hydrogen (secondary N) is 2. The van der Waals surface area contributed by atoms with Gasteiger partial charge in [-0.3, -0.25) is 4.79 Å². The molecule has 0 saturated heterocycles. The van der Waals surface area contributed by atoms with Gasteiger partial charge in [0.1, 0.15) is 5.82 Å². The van der Waals surface area contributed by atoms with E-state index in [0.717, 1.165) is 30.0 Å². The van der Waals surface area contributed by atoms with E-state index in [-0.39, 0.29) is 11.9 Å². The van der Waals surface area contributed by atoms with Crippen molar-refractivity contribution in [3.8, 4) is 6.07 Å². The minimum Gasteiger partial charge on any atom is -0.349 e.